The van der Waals surface area contributed by atoms with E-state index in [-0.39, 0.29) is 12.5 Å². The lowest BCUT2D eigenvalue weighted by molar-refractivity contribution is -0.127. The first-order valence-electron chi connectivity index (χ1n) is 10.0. The van der Waals surface area contributed by atoms with Crippen LogP contribution in [0.25, 0.3) is 0 Å². The zero-order chi connectivity index (χ0) is 19.6. The van der Waals surface area contributed by atoms with Gasteiger partial charge in [-0.3, -0.25) is 9.69 Å². The number of piperidine rings is 1. The minimum Gasteiger partial charge on any atom is -0.357 e. The molecule has 1 aliphatic heterocycles. The Morgan fingerprint density at radius 1 is 1.15 bits per heavy atom. The minimum absolute atomic E-state index is 0.0251. The van der Waals surface area contributed by atoms with Gasteiger partial charge in [0.25, 0.3) is 0 Å². The van der Waals surface area contributed by atoms with Crippen LogP contribution in [-0.4, -0.2) is 61.9 Å². The van der Waals surface area contributed by atoms with Gasteiger partial charge in [0, 0.05) is 27.2 Å². The summed E-state index contributed by atoms with van der Waals surface area (Å²) >= 11 is 0. The number of hydrogen-bond donors (Lipinski definition) is 2. The summed E-state index contributed by atoms with van der Waals surface area (Å²) in [6, 6.07) is 8.72. The molecule has 0 aromatic heterocycles. The number of guanidine groups is 1. The maximum atomic E-state index is 11.7. The molecule has 0 unspecified atom stereocenters. The van der Waals surface area contributed by atoms with Crippen LogP contribution in [0.15, 0.2) is 29.3 Å². The maximum Gasteiger partial charge on any atom is 0.241 e. The molecule has 0 saturated carbocycles. The summed E-state index contributed by atoms with van der Waals surface area (Å²) in [5, 5.41) is 6.26. The molecule has 6 nitrogen and oxygen atoms in total. The Morgan fingerprint density at radius 2 is 1.78 bits per heavy atom. The Hall–Kier alpha value is -2.08. The lowest BCUT2D eigenvalue weighted by atomic mass is 9.99. The first-order chi connectivity index (χ1) is 13.0. The fraction of sp³-hybridized carbons (Fsp3) is 0.619. The van der Waals surface area contributed by atoms with Crippen molar-refractivity contribution in [1.82, 2.24) is 20.4 Å². The molecule has 0 radical (unpaired) electrons. The number of hydrogen-bond acceptors (Lipinski definition) is 3. The third-order valence-electron chi connectivity index (χ3n) is 4.98. The number of nitrogens with one attached hydrogen (secondary N) is 2. The summed E-state index contributed by atoms with van der Waals surface area (Å²) in [6.45, 7) is 9.40. The van der Waals surface area contributed by atoms with E-state index in [1.807, 2.05) is 6.92 Å². The average Bonchev–Trinajstić information content (AvgIpc) is 2.66. The molecule has 0 atom stereocenters. The Balaban J connectivity index is 1.85. The highest BCUT2D eigenvalue weighted by molar-refractivity contribution is 5.86. The van der Waals surface area contributed by atoms with Crippen LogP contribution >= 0.6 is 0 Å². The third-order valence-corrected chi connectivity index (χ3v) is 4.98. The van der Waals surface area contributed by atoms with Crippen LogP contribution in [-0.2, 0) is 17.9 Å². The molecule has 1 fully saturated rings. The van der Waals surface area contributed by atoms with Crippen molar-refractivity contribution >= 4 is 11.9 Å². The van der Waals surface area contributed by atoms with Gasteiger partial charge in [0.05, 0.1) is 13.1 Å². The van der Waals surface area contributed by atoms with Crippen molar-refractivity contribution in [2.45, 2.75) is 39.8 Å². The molecule has 0 bridgehead atoms. The predicted molar refractivity (Wildman–Crippen MR) is 112 cm³/mol. The summed E-state index contributed by atoms with van der Waals surface area (Å²) in [4.78, 5) is 20.4. The Morgan fingerprint density at radius 3 is 2.37 bits per heavy atom. The first-order valence-corrected chi connectivity index (χ1v) is 10.0. The topological polar surface area (TPSA) is 60.0 Å². The standard InChI is InChI=1S/C21H35N5O/c1-5-22-21(24-15-20(27)25(3)4)23-14-18-6-8-19(9-7-18)16-26-12-10-17(2)11-13-26/h6-9,17H,5,10-16H2,1-4H3,(H2,22,23,24). The largest absolute Gasteiger partial charge is 0.357 e. The summed E-state index contributed by atoms with van der Waals surface area (Å²) in [5.74, 6) is 1.56. The van der Waals surface area contributed by atoms with Gasteiger partial charge in [-0.05, 0) is 49.9 Å². The highest BCUT2D eigenvalue weighted by Crippen LogP contribution is 2.18. The summed E-state index contributed by atoms with van der Waals surface area (Å²) < 4.78 is 0. The molecular weight excluding hydrogens is 338 g/mol. The molecule has 0 aliphatic carbocycles. The van der Waals surface area contributed by atoms with E-state index < -0.39 is 0 Å². The normalized spacial score (nSPS) is 16.2. The van der Waals surface area contributed by atoms with Gasteiger partial charge in [-0.2, -0.15) is 0 Å². The monoisotopic (exact) mass is 373 g/mol. The van der Waals surface area contributed by atoms with Gasteiger partial charge in [0.2, 0.25) is 5.91 Å². The van der Waals surface area contributed by atoms with Crippen LogP contribution in [0.4, 0.5) is 0 Å². The fourth-order valence-electron chi connectivity index (χ4n) is 3.06. The zero-order valence-corrected chi connectivity index (χ0v) is 17.3. The van der Waals surface area contributed by atoms with Crippen LogP contribution in [0.5, 0.6) is 0 Å². The number of nitrogens with zero attached hydrogens (tertiary/aromatic N) is 3. The SMILES string of the molecule is CCNC(=NCc1ccc(CN2CCC(C)CC2)cc1)NCC(=O)N(C)C. The second-order valence-electron chi connectivity index (χ2n) is 7.61. The summed E-state index contributed by atoms with van der Waals surface area (Å²) in [6.07, 6.45) is 2.62. The van der Waals surface area contributed by atoms with Gasteiger partial charge in [-0.25, -0.2) is 4.99 Å². The van der Waals surface area contributed by atoms with Gasteiger partial charge in [0.15, 0.2) is 5.96 Å². The van der Waals surface area contributed by atoms with Crippen LogP contribution in [0.3, 0.4) is 0 Å². The fourth-order valence-corrected chi connectivity index (χ4v) is 3.06. The maximum absolute atomic E-state index is 11.7. The molecule has 2 N–H and O–H groups in total. The van der Waals surface area contributed by atoms with E-state index >= 15 is 0 Å². The Labute approximate surface area is 164 Å². The van der Waals surface area contributed by atoms with Crippen molar-refractivity contribution in [2.75, 3.05) is 40.3 Å². The number of carbonyl (C=O) groups excluding carboxylic acids is 1. The second kappa shape index (κ2) is 10.9. The highest BCUT2D eigenvalue weighted by atomic mass is 16.2. The number of likely N-dealkylation sites (N-methyl/N-ethyl adjacent to an activating group) is 1. The second-order valence-corrected chi connectivity index (χ2v) is 7.61. The minimum atomic E-state index is 0.0251. The number of amides is 1. The van der Waals surface area contributed by atoms with Gasteiger partial charge in [-0.15, -0.1) is 0 Å². The summed E-state index contributed by atoms with van der Waals surface area (Å²) in [5.41, 5.74) is 2.53. The molecule has 1 amide bonds. The van der Waals surface area contributed by atoms with E-state index in [4.69, 9.17) is 0 Å². The molecule has 0 spiro atoms. The smallest absolute Gasteiger partial charge is 0.241 e. The molecule has 1 saturated heterocycles. The van der Waals surface area contributed by atoms with Gasteiger partial charge in [-0.1, -0.05) is 31.2 Å². The zero-order valence-electron chi connectivity index (χ0n) is 17.3. The van der Waals surface area contributed by atoms with Gasteiger partial charge < -0.3 is 15.5 Å². The number of carbonyl (C=O) groups is 1. The van der Waals surface area contributed by atoms with Crippen molar-refractivity contribution in [3.05, 3.63) is 35.4 Å². The molecule has 27 heavy (non-hydrogen) atoms. The van der Waals surface area contributed by atoms with Gasteiger partial charge >= 0.3 is 0 Å². The van der Waals surface area contributed by atoms with Crippen molar-refractivity contribution < 1.29 is 4.79 Å². The Kier molecular flexibility index (Phi) is 8.58. The lowest BCUT2D eigenvalue weighted by Gasteiger charge is -2.30. The third kappa shape index (κ3) is 7.59. The lowest BCUT2D eigenvalue weighted by Crippen LogP contribution is -2.42. The molecule has 1 aromatic carbocycles. The van der Waals surface area contributed by atoms with Crippen molar-refractivity contribution in [3.63, 3.8) is 0 Å². The molecule has 1 aromatic rings. The van der Waals surface area contributed by atoms with Crippen molar-refractivity contribution in [2.24, 2.45) is 10.9 Å². The predicted octanol–water partition coefficient (Wildman–Crippen LogP) is 2.06. The molecule has 150 valence electrons. The van der Waals surface area contributed by atoms with Crippen molar-refractivity contribution in [1.29, 1.82) is 0 Å². The van der Waals surface area contributed by atoms with Crippen LogP contribution in [0.2, 0.25) is 0 Å². The number of rotatable bonds is 7. The number of aliphatic imine (C=N–C) groups is 1. The molecule has 2 rings (SSSR count). The molecule has 1 heterocycles. The van der Waals surface area contributed by atoms with Gasteiger partial charge in [0.1, 0.15) is 0 Å². The molecule has 1 aliphatic rings. The molecular formula is C21H35N5O. The van der Waals surface area contributed by atoms with Crippen LogP contribution in [0.1, 0.15) is 37.8 Å². The average molecular weight is 374 g/mol. The van der Waals surface area contributed by atoms with E-state index in [1.54, 1.807) is 19.0 Å². The number of benzene rings is 1. The summed E-state index contributed by atoms with van der Waals surface area (Å²) in [7, 11) is 3.50. The van der Waals surface area contributed by atoms with E-state index in [0.717, 1.165) is 19.0 Å². The Bertz CT molecular complexity index is 604. The first kappa shape index (κ1) is 21.2. The quantitative estimate of drug-likeness (QED) is 0.567. The van der Waals surface area contributed by atoms with Crippen molar-refractivity contribution in [3.8, 4) is 0 Å². The van der Waals surface area contributed by atoms with Crippen LogP contribution in [0, 0.1) is 5.92 Å². The highest BCUT2D eigenvalue weighted by Gasteiger charge is 2.15. The van der Waals surface area contributed by atoms with E-state index in [1.165, 1.54) is 37.1 Å². The van der Waals surface area contributed by atoms with Crippen LogP contribution < -0.4 is 10.6 Å². The number of likely N-dealkylation sites (tertiary alicyclic amines) is 1. The van der Waals surface area contributed by atoms with E-state index in [2.05, 4.69) is 51.7 Å². The van der Waals surface area contributed by atoms with E-state index in [9.17, 15) is 4.79 Å². The van der Waals surface area contributed by atoms with E-state index in [0.29, 0.717) is 12.5 Å². The molecule has 6 heteroatoms.